The number of hydrogen-bond acceptors (Lipinski definition) is 3. The highest BCUT2D eigenvalue weighted by atomic mass is 79.9. The van der Waals surface area contributed by atoms with E-state index in [1.165, 1.54) is 0 Å². The Bertz CT molecular complexity index is 604. The molecule has 0 unspecified atom stereocenters. The van der Waals surface area contributed by atoms with Gasteiger partial charge in [-0.2, -0.15) is 0 Å². The Kier molecular flexibility index (Phi) is 5.15. The molecular weight excluding hydrogens is 342 g/mol. The summed E-state index contributed by atoms with van der Waals surface area (Å²) >= 11 is 9.48. The van der Waals surface area contributed by atoms with Crippen LogP contribution in [0, 0.1) is 0 Å². The van der Waals surface area contributed by atoms with Gasteiger partial charge in [-0.05, 0) is 24.6 Å². The molecule has 3 nitrogen and oxygen atoms in total. The SMILES string of the molecule is CCCOc1cc(N)cc(Oc2ccc(Br)cc2Cl)c1. The van der Waals surface area contributed by atoms with E-state index < -0.39 is 0 Å². The molecule has 0 radical (unpaired) electrons. The van der Waals surface area contributed by atoms with Gasteiger partial charge in [0, 0.05) is 28.4 Å². The predicted octanol–water partition coefficient (Wildman–Crippen LogP) is 5.27. The van der Waals surface area contributed by atoms with Gasteiger partial charge in [-0.1, -0.05) is 34.5 Å². The predicted molar refractivity (Wildman–Crippen MR) is 85.9 cm³/mol. The highest BCUT2D eigenvalue weighted by Crippen LogP contribution is 2.34. The van der Waals surface area contributed by atoms with Crippen LogP contribution in [-0.2, 0) is 0 Å². The standard InChI is InChI=1S/C15H15BrClNO2/c1-2-5-19-12-7-11(18)8-13(9-12)20-15-4-3-10(16)6-14(15)17/h3-4,6-9H,2,5,18H2,1H3. The van der Waals surface area contributed by atoms with Crippen molar-refractivity contribution in [2.24, 2.45) is 0 Å². The van der Waals surface area contributed by atoms with Crippen LogP contribution in [0.5, 0.6) is 17.2 Å². The number of nitrogens with two attached hydrogens (primary N) is 1. The van der Waals surface area contributed by atoms with Gasteiger partial charge >= 0.3 is 0 Å². The smallest absolute Gasteiger partial charge is 0.146 e. The molecule has 0 amide bonds. The monoisotopic (exact) mass is 355 g/mol. The number of hydrogen-bond donors (Lipinski definition) is 1. The van der Waals surface area contributed by atoms with Crippen molar-refractivity contribution in [2.45, 2.75) is 13.3 Å². The Morgan fingerprint density at radius 2 is 1.90 bits per heavy atom. The Morgan fingerprint density at radius 3 is 2.60 bits per heavy atom. The molecule has 0 aliphatic rings. The summed E-state index contributed by atoms with van der Waals surface area (Å²) in [5, 5.41) is 0.526. The molecule has 2 rings (SSSR count). The van der Waals surface area contributed by atoms with Gasteiger partial charge in [0.15, 0.2) is 0 Å². The first-order valence-corrected chi connectivity index (χ1v) is 7.42. The van der Waals surface area contributed by atoms with Crippen molar-refractivity contribution in [3.8, 4) is 17.2 Å². The first kappa shape index (κ1) is 15.0. The number of rotatable bonds is 5. The van der Waals surface area contributed by atoms with E-state index in [-0.39, 0.29) is 0 Å². The van der Waals surface area contributed by atoms with E-state index in [4.69, 9.17) is 26.8 Å². The minimum Gasteiger partial charge on any atom is -0.493 e. The highest BCUT2D eigenvalue weighted by Gasteiger charge is 2.06. The van der Waals surface area contributed by atoms with Gasteiger partial charge in [-0.25, -0.2) is 0 Å². The minimum absolute atomic E-state index is 0.526. The maximum absolute atomic E-state index is 6.13. The third kappa shape index (κ3) is 4.05. The minimum atomic E-state index is 0.526. The summed E-state index contributed by atoms with van der Waals surface area (Å²) in [5.41, 5.74) is 6.43. The van der Waals surface area contributed by atoms with Crippen LogP contribution in [0.3, 0.4) is 0 Å². The average Bonchev–Trinajstić information content (AvgIpc) is 2.39. The molecule has 20 heavy (non-hydrogen) atoms. The lowest BCUT2D eigenvalue weighted by Crippen LogP contribution is -1.97. The maximum atomic E-state index is 6.13. The third-order valence-electron chi connectivity index (χ3n) is 2.50. The first-order chi connectivity index (χ1) is 9.58. The Morgan fingerprint density at radius 1 is 1.15 bits per heavy atom. The lowest BCUT2D eigenvalue weighted by molar-refractivity contribution is 0.316. The highest BCUT2D eigenvalue weighted by molar-refractivity contribution is 9.10. The largest absolute Gasteiger partial charge is 0.493 e. The third-order valence-corrected chi connectivity index (χ3v) is 3.29. The Labute approximate surface area is 131 Å². The van der Waals surface area contributed by atoms with E-state index in [9.17, 15) is 0 Å². The molecule has 0 aliphatic heterocycles. The molecule has 0 atom stereocenters. The molecule has 0 bridgehead atoms. The molecule has 5 heteroatoms. The molecule has 0 saturated heterocycles. The Hall–Kier alpha value is -1.39. The zero-order valence-electron chi connectivity index (χ0n) is 11.0. The van der Waals surface area contributed by atoms with Gasteiger partial charge < -0.3 is 15.2 Å². The summed E-state index contributed by atoms with van der Waals surface area (Å²) in [5.74, 6) is 1.86. The van der Waals surface area contributed by atoms with Gasteiger partial charge in [0.2, 0.25) is 0 Å². The van der Waals surface area contributed by atoms with Crippen LogP contribution in [0.1, 0.15) is 13.3 Å². The van der Waals surface area contributed by atoms with Crippen molar-refractivity contribution in [3.63, 3.8) is 0 Å². The van der Waals surface area contributed by atoms with Gasteiger partial charge in [0.25, 0.3) is 0 Å². The van der Waals surface area contributed by atoms with Crippen molar-refractivity contribution in [2.75, 3.05) is 12.3 Å². The summed E-state index contributed by atoms with van der Waals surface area (Å²) in [6.45, 7) is 2.69. The van der Waals surface area contributed by atoms with E-state index >= 15 is 0 Å². The van der Waals surface area contributed by atoms with Crippen LogP contribution in [0.25, 0.3) is 0 Å². The number of benzene rings is 2. The second kappa shape index (κ2) is 6.86. The van der Waals surface area contributed by atoms with Crippen molar-refractivity contribution < 1.29 is 9.47 Å². The molecule has 0 heterocycles. The number of nitrogen functional groups attached to an aromatic ring is 1. The fraction of sp³-hybridized carbons (Fsp3) is 0.200. The van der Waals surface area contributed by atoms with E-state index in [0.717, 1.165) is 10.9 Å². The van der Waals surface area contributed by atoms with Crippen molar-refractivity contribution in [1.82, 2.24) is 0 Å². The van der Waals surface area contributed by atoms with E-state index in [1.54, 1.807) is 30.3 Å². The summed E-state index contributed by atoms with van der Waals surface area (Å²) in [7, 11) is 0. The number of halogens is 2. The molecule has 0 saturated carbocycles. The van der Waals surface area contributed by atoms with E-state index in [1.807, 2.05) is 13.0 Å². The molecule has 0 spiro atoms. The molecule has 0 aromatic heterocycles. The zero-order chi connectivity index (χ0) is 14.5. The van der Waals surface area contributed by atoms with E-state index in [0.29, 0.717) is 34.6 Å². The number of ether oxygens (including phenoxy) is 2. The Balaban J connectivity index is 2.21. The van der Waals surface area contributed by atoms with Crippen LogP contribution in [0.4, 0.5) is 5.69 Å². The molecular formula is C15H15BrClNO2. The topological polar surface area (TPSA) is 44.5 Å². The summed E-state index contributed by atoms with van der Waals surface area (Å²) in [6, 6.07) is 10.7. The average molecular weight is 357 g/mol. The molecule has 0 fully saturated rings. The lowest BCUT2D eigenvalue weighted by Gasteiger charge is -2.11. The quantitative estimate of drug-likeness (QED) is 0.743. The molecule has 2 N–H and O–H groups in total. The van der Waals surface area contributed by atoms with Crippen LogP contribution < -0.4 is 15.2 Å². The van der Waals surface area contributed by atoms with Crippen LogP contribution in [-0.4, -0.2) is 6.61 Å². The molecule has 0 aliphatic carbocycles. The van der Waals surface area contributed by atoms with Crippen LogP contribution in [0.15, 0.2) is 40.9 Å². The summed E-state index contributed by atoms with van der Waals surface area (Å²) in [4.78, 5) is 0. The summed E-state index contributed by atoms with van der Waals surface area (Å²) in [6.07, 6.45) is 0.934. The number of anilines is 1. The van der Waals surface area contributed by atoms with Gasteiger partial charge in [-0.15, -0.1) is 0 Å². The van der Waals surface area contributed by atoms with Crippen molar-refractivity contribution in [1.29, 1.82) is 0 Å². The second-order valence-electron chi connectivity index (χ2n) is 4.26. The fourth-order valence-electron chi connectivity index (χ4n) is 1.64. The van der Waals surface area contributed by atoms with Gasteiger partial charge in [-0.3, -0.25) is 0 Å². The summed E-state index contributed by atoms with van der Waals surface area (Å²) < 4.78 is 12.2. The van der Waals surface area contributed by atoms with Crippen molar-refractivity contribution >= 4 is 33.2 Å². The lowest BCUT2D eigenvalue weighted by atomic mass is 10.3. The zero-order valence-corrected chi connectivity index (χ0v) is 13.4. The van der Waals surface area contributed by atoms with Crippen LogP contribution >= 0.6 is 27.5 Å². The van der Waals surface area contributed by atoms with E-state index in [2.05, 4.69) is 15.9 Å². The second-order valence-corrected chi connectivity index (χ2v) is 5.59. The molecule has 2 aromatic carbocycles. The van der Waals surface area contributed by atoms with Gasteiger partial charge in [0.1, 0.15) is 17.2 Å². The normalized spacial score (nSPS) is 10.3. The maximum Gasteiger partial charge on any atom is 0.146 e. The molecule has 106 valence electrons. The van der Waals surface area contributed by atoms with Crippen LogP contribution in [0.2, 0.25) is 5.02 Å². The van der Waals surface area contributed by atoms with Gasteiger partial charge in [0.05, 0.1) is 11.6 Å². The fourth-order valence-corrected chi connectivity index (χ4v) is 2.35. The van der Waals surface area contributed by atoms with Crippen molar-refractivity contribution in [3.05, 3.63) is 45.9 Å². The first-order valence-electron chi connectivity index (χ1n) is 6.24. The molecule has 2 aromatic rings.